The van der Waals surface area contributed by atoms with Crippen molar-refractivity contribution in [1.29, 1.82) is 0 Å². The molecule has 0 saturated heterocycles. The summed E-state index contributed by atoms with van der Waals surface area (Å²) in [6.07, 6.45) is 5.83. The van der Waals surface area contributed by atoms with Crippen LogP contribution in [0, 0.1) is 0 Å². The number of carbonyl (C=O) groups is 2. The van der Waals surface area contributed by atoms with Crippen molar-refractivity contribution < 1.29 is 19.1 Å². The minimum absolute atomic E-state index is 0.116. The van der Waals surface area contributed by atoms with Crippen LogP contribution in [0.15, 0.2) is 53.4 Å². The molecule has 1 aliphatic carbocycles. The monoisotopic (exact) mass is 456 g/mol. The van der Waals surface area contributed by atoms with Crippen LogP contribution in [0.25, 0.3) is 0 Å². The van der Waals surface area contributed by atoms with Crippen molar-refractivity contribution in [2.45, 2.75) is 43.0 Å². The minimum Gasteiger partial charge on any atom is -0.497 e. The van der Waals surface area contributed by atoms with E-state index in [0.717, 1.165) is 29.2 Å². The molecular weight excluding hydrogens is 424 g/mol. The SMILES string of the molecule is COc1ccc(OCCNC(=O)c2ccccc2SCC(=O)N(C)C2CCCCC2)cc1. The van der Waals surface area contributed by atoms with Gasteiger partial charge in [-0.3, -0.25) is 9.59 Å². The van der Waals surface area contributed by atoms with E-state index in [1.54, 1.807) is 13.2 Å². The number of hydrogen-bond acceptors (Lipinski definition) is 5. The molecule has 0 unspecified atom stereocenters. The van der Waals surface area contributed by atoms with Crippen molar-refractivity contribution in [2.24, 2.45) is 0 Å². The Kier molecular flexibility index (Phi) is 9.28. The van der Waals surface area contributed by atoms with Crippen molar-refractivity contribution in [3.8, 4) is 11.5 Å². The first kappa shape index (κ1) is 24.0. The lowest BCUT2D eigenvalue weighted by atomic mass is 9.94. The number of methoxy groups -OCH3 is 1. The Bertz CT molecular complexity index is 882. The molecular formula is C25H32N2O4S. The fourth-order valence-corrected chi connectivity index (χ4v) is 4.77. The quantitative estimate of drug-likeness (QED) is 0.424. The highest BCUT2D eigenvalue weighted by atomic mass is 32.2. The van der Waals surface area contributed by atoms with Gasteiger partial charge in [-0.1, -0.05) is 31.4 Å². The summed E-state index contributed by atoms with van der Waals surface area (Å²) in [6, 6.07) is 15.1. The number of amides is 2. The van der Waals surface area contributed by atoms with Crippen LogP contribution in [-0.2, 0) is 4.79 Å². The third kappa shape index (κ3) is 6.92. The molecule has 2 aromatic rings. The molecule has 1 N–H and O–H groups in total. The van der Waals surface area contributed by atoms with Crippen molar-refractivity contribution in [2.75, 3.05) is 33.1 Å². The number of rotatable bonds is 10. The molecule has 0 spiro atoms. The molecule has 1 aliphatic rings. The number of thioether (sulfide) groups is 1. The Labute approximate surface area is 194 Å². The van der Waals surface area contributed by atoms with Gasteiger partial charge in [0, 0.05) is 18.0 Å². The summed E-state index contributed by atoms with van der Waals surface area (Å²) in [7, 11) is 3.52. The maximum absolute atomic E-state index is 12.7. The zero-order valence-electron chi connectivity index (χ0n) is 18.8. The lowest BCUT2D eigenvalue weighted by Crippen LogP contribution is -2.39. The van der Waals surface area contributed by atoms with Crippen LogP contribution in [0.3, 0.4) is 0 Å². The van der Waals surface area contributed by atoms with Gasteiger partial charge in [0.15, 0.2) is 0 Å². The number of benzene rings is 2. The van der Waals surface area contributed by atoms with Gasteiger partial charge in [-0.25, -0.2) is 0 Å². The van der Waals surface area contributed by atoms with E-state index in [4.69, 9.17) is 9.47 Å². The van der Waals surface area contributed by atoms with E-state index in [9.17, 15) is 9.59 Å². The van der Waals surface area contributed by atoms with E-state index >= 15 is 0 Å². The van der Waals surface area contributed by atoms with Gasteiger partial charge in [0.25, 0.3) is 5.91 Å². The first-order valence-corrected chi connectivity index (χ1v) is 12.1. The summed E-state index contributed by atoms with van der Waals surface area (Å²) in [6.45, 7) is 0.741. The maximum atomic E-state index is 12.7. The average Bonchev–Trinajstić information content (AvgIpc) is 2.85. The minimum atomic E-state index is -0.167. The fraction of sp³-hybridized carbons (Fsp3) is 0.440. The summed E-state index contributed by atoms with van der Waals surface area (Å²) in [5.74, 6) is 1.77. The summed E-state index contributed by atoms with van der Waals surface area (Å²) < 4.78 is 10.8. The molecule has 1 saturated carbocycles. The van der Waals surface area contributed by atoms with E-state index in [0.29, 0.717) is 30.5 Å². The zero-order chi connectivity index (χ0) is 22.8. The fourth-order valence-electron chi connectivity index (χ4n) is 3.79. The molecule has 0 aliphatic heterocycles. The van der Waals surface area contributed by atoms with Crippen molar-refractivity contribution in [3.63, 3.8) is 0 Å². The molecule has 6 nitrogen and oxygen atoms in total. The second kappa shape index (κ2) is 12.4. The molecule has 1 fully saturated rings. The maximum Gasteiger partial charge on any atom is 0.252 e. The van der Waals surface area contributed by atoms with Gasteiger partial charge < -0.3 is 19.7 Å². The van der Waals surface area contributed by atoms with Gasteiger partial charge in [0.2, 0.25) is 5.91 Å². The van der Waals surface area contributed by atoms with Crippen LogP contribution >= 0.6 is 11.8 Å². The number of carbonyl (C=O) groups excluding carboxylic acids is 2. The molecule has 32 heavy (non-hydrogen) atoms. The highest BCUT2D eigenvalue weighted by molar-refractivity contribution is 8.00. The largest absolute Gasteiger partial charge is 0.497 e. The van der Waals surface area contributed by atoms with Gasteiger partial charge in [-0.05, 0) is 49.2 Å². The lowest BCUT2D eigenvalue weighted by Gasteiger charge is -2.31. The van der Waals surface area contributed by atoms with Crippen LogP contribution in [0.4, 0.5) is 0 Å². The average molecular weight is 457 g/mol. The Hall–Kier alpha value is -2.67. The summed E-state index contributed by atoms with van der Waals surface area (Å²) in [5, 5.41) is 2.90. The van der Waals surface area contributed by atoms with Gasteiger partial charge in [0.05, 0.1) is 25.0 Å². The third-order valence-electron chi connectivity index (χ3n) is 5.71. The standard InChI is InChI=1S/C25H32N2O4S/c1-27(19-8-4-3-5-9-19)24(28)18-32-23-11-7-6-10-22(23)25(29)26-16-17-31-21-14-12-20(30-2)13-15-21/h6-7,10-15,19H,3-5,8-9,16-18H2,1-2H3,(H,26,29). The smallest absolute Gasteiger partial charge is 0.252 e. The molecule has 0 heterocycles. The zero-order valence-corrected chi connectivity index (χ0v) is 19.7. The second-order valence-corrected chi connectivity index (χ2v) is 8.88. The number of ether oxygens (including phenoxy) is 2. The van der Waals surface area contributed by atoms with Crippen LogP contribution in [0.1, 0.15) is 42.5 Å². The Balaban J connectivity index is 1.46. The van der Waals surface area contributed by atoms with Crippen LogP contribution < -0.4 is 14.8 Å². The molecule has 172 valence electrons. The number of nitrogens with one attached hydrogen (secondary N) is 1. The molecule has 0 radical (unpaired) electrons. The van der Waals surface area contributed by atoms with Crippen molar-refractivity contribution in [3.05, 3.63) is 54.1 Å². The highest BCUT2D eigenvalue weighted by Gasteiger charge is 2.22. The van der Waals surface area contributed by atoms with Crippen LogP contribution in [0.2, 0.25) is 0 Å². The van der Waals surface area contributed by atoms with Crippen molar-refractivity contribution in [1.82, 2.24) is 10.2 Å². The Morgan fingerprint density at radius 3 is 2.44 bits per heavy atom. The van der Waals surface area contributed by atoms with Crippen molar-refractivity contribution >= 4 is 23.6 Å². The first-order valence-electron chi connectivity index (χ1n) is 11.1. The van der Waals surface area contributed by atoms with E-state index < -0.39 is 0 Å². The lowest BCUT2D eigenvalue weighted by molar-refractivity contribution is -0.129. The van der Waals surface area contributed by atoms with Gasteiger partial charge >= 0.3 is 0 Å². The molecule has 2 amide bonds. The predicted molar refractivity (Wildman–Crippen MR) is 128 cm³/mol. The van der Waals surface area contributed by atoms with E-state index in [2.05, 4.69) is 5.32 Å². The van der Waals surface area contributed by atoms with E-state index in [1.807, 2.05) is 54.4 Å². The summed E-state index contributed by atoms with van der Waals surface area (Å²) in [5.41, 5.74) is 0.579. The van der Waals surface area contributed by atoms with Crippen LogP contribution in [-0.4, -0.2) is 55.8 Å². The topological polar surface area (TPSA) is 67.9 Å². The molecule has 3 rings (SSSR count). The van der Waals surface area contributed by atoms with Gasteiger partial charge in [-0.2, -0.15) is 0 Å². The predicted octanol–water partition coefficient (Wildman–Crippen LogP) is 4.39. The second-order valence-electron chi connectivity index (χ2n) is 7.86. The third-order valence-corrected chi connectivity index (χ3v) is 6.77. The molecule has 0 atom stereocenters. The van der Waals surface area contributed by atoms with Gasteiger partial charge in [-0.15, -0.1) is 11.8 Å². The molecule has 0 aromatic heterocycles. The molecule has 0 bridgehead atoms. The number of nitrogens with zero attached hydrogens (tertiary/aromatic N) is 1. The first-order chi connectivity index (χ1) is 15.6. The molecule has 2 aromatic carbocycles. The highest BCUT2D eigenvalue weighted by Crippen LogP contribution is 2.25. The summed E-state index contributed by atoms with van der Waals surface area (Å²) >= 11 is 1.42. The Morgan fingerprint density at radius 2 is 1.72 bits per heavy atom. The van der Waals surface area contributed by atoms with E-state index in [1.165, 1.54) is 31.0 Å². The summed E-state index contributed by atoms with van der Waals surface area (Å²) in [4.78, 5) is 28.1. The normalized spacial score (nSPS) is 13.9. The van der Waals surface area contributed by atoms with Crippen LogP contribution in [0.5, 0.6) is 11.5 Å². The number of hydrogen-bond donors (Lipinski definition) is 1. The Morgan fingerprint density at radius 1 is 1.03 bits per heavy atom. The molecule has 7 heteroatoms. The van der Waals surface area contributed by atoms with E-state index in [-0.39, 0.29) is 11.8 Å². The van der Waals surface area contributed by atoms with Gasteiger partial charge in [0.1, 0.15) is 18.1 Å².